The summed E-state index contributed by atoms with van der Waals surface area (Å²) in [6.45, 7) is 2.17. The average molecular weight is 391 g/mol. The van der Waals surface area contributed by atoms with E-state index < -0.39 is 23.7 Å². The molecule has 27 heavy (non-hydrogen) atoms. The number of nitrogens with one attached hydrogen (secondary N) is 1. The molecule has 7 heteroatoms. The highest BCUT2D eigenvalue weighted by Gasteiger charge is 2.35. The maximum atomic E-state index is 12.8. The van der Waals surface area contributed by atoms with Crippen LogP contribution in [0.2, 0.25) is 0 Å². The molecular weight excluding hydrogens is 364 g/mol. The molecule has 6 nitrogen and oxygen atoms in total. The van der Waals surface area contributed by atoms with E-state index >= 15 is 0 Å². The summed E-state index contributed by atoms with van der Waals surface area (Å²) in [6.07, 6.45) is 9.39. The van der Waals surface area contributed by atoms with Crippen LogP contribution in [-0.4, -0.2) is 22.9 Å². The average Bonchev–Trinajstić information content (AvgIpc) is 2.99. The van der Waals surface area contributed by atoms with Gasteiger partial charge in [0.05, 0.1) is 17.4 Å². The molecule has 0 saturated carbocycles. The van der Waals surface area contributed by atoms with Crippen LogP contribution >= 0.6 is 11.3 Å². The van der Waals surface area contributed by atoms with Crippen LogP contribution in [0, 0.1) is 17.8 Å². The quantitative estimate of drug-likeness (QED) is 0.647. The topological polar surface area (TPSA) is 109 Å². The number of rotatable bonds is 6. The summed E-state index contributed by atoms with van der Waals surface area (Å²) in [5, 5.41) is 12.7. The molecule has 4 N–H and O–H groups in total. The second-order valence-electron chi connectivity index (χ2n) is 7.45. The smallest absolute Gasteiger partial charge is 0.307 e. The van der Waals surface area contributed by atoms with E-state index in [0.717, 1.165) is 42.5 Å². The molecule has 1 heterocycles. The van der Waals surface area contributed by atoms with Crippen LogP contribution < -0.4 is 11.1 Å². The Hall–Kier alpha value is -2.15. The molecule has 0 spiro atoms. The van der Waals surface area contributed by atoms with Gasteiger partial charge < -0.3 is 16.2 Å². The van der Waals surface area contributed by atoms with Gasteiger partial charge in [0, 0.05) is 4.88 Å². The summed E-state index contributed by atoms with van der Waals surface area (Å²) in [7, 11) is 0. The second-order valence-corrected chi connectivity index (χ2v) is 8.56. The van der Waals surface area contributed by atoms with Crippen LogP contribution in [-0.2, 0) is 22.4 Å². The first-order valence-electron chi connectivity index (χ1n) is 9.55. The van der Waals surface area contributed by atoms with Crippen LogP contribution in [0.1, 0.15) is 59.8 Å². The lowest BCUT2D eigenvalue weighted by Gasteiger charge is -2.24. The number of anilines is 1. The van der Waals surface area contributed by atoms with Crippen molar-refractivity contribution in [2.24, 2.45) is 23.5 Å². The molecule has 0 aliphatic heterocycles. The summed E-state index contributed by atoms with van der Waals surface area (Å²) >= 11 is 1.42. The Morgan fingerprint density at radius 2 is 1.96 bits per heavy atom. The molecule has 0 saturated heterocycles. The molecule has 0 unspecified atom stereocenters. The van der Waals surface area contributed by atoms with Crippen molar-refractivity contribution in [1.29, 1.82) is 0 Å². The minimum absolute atomic E-state index is 0.343. The highest BCUT2D eigenvalue weighted by Crippen LogP contribution is 2.41. The Labute approximate surface area is 162 Å². The van der Waals surface area contributed by atoms with Crippen molar-refractivity contribution in [1.82, 2.24) is 0 Å². The zero-order valence-corrected chi connectivity index (χ0v) is 16.3. The van der Waals surface area contributed by atoms with E-state index in [1.54, 1.807) is 6.08 Å². The van der Waals surface area contributed by atoms with E-state index in [-0.39, 0.29) is 5.91 Å². The summed E-state index contributed by atoms with van der Waals surface area (Å²) in [6, 6.07) is 0. The molecule has 1 aromatic rings. The fraction of sp³-hybridized carbons (Fsp3) is 0.550. The fourth-order valence-corrected chi connectivity index (χ4v) is 5.61. The van der Waals surface area contributed by atoms with E-state index in [2.05, 4.69) is 12.2 Å². The number of carboxylic acids is 1. The van der Waals surface area contributed by atoms with Crippen molar-refractivity contribution in [3.63, 3.8) is 0 Å². The summed E-state index contributed by atoms with van der Waals surface area (Å²) in [5.74, 6) is -2.63. The first-order valence-corrected chi connectivity index (χ1v) is 10.4. The van der Waals surface area contributed by atoms with E-state index in [4.69, 9.17) is 5.73 Å². The van der Waals surface area contributed by atoms with Gasteiger partial charge in [-0.2, -0.15) is 0 Å². The van der Waals surface area contributed by atoms with E-state index in [0.29, 0.717) is 29.3 Å². The number of fused-ring (bicyclic) bond motifs is 1. The Kier molecular flexibility index (Phi) is 5.99. The SMILES string of the molecule is CCC[C@@H]1CCc2c(sc(NC(=O)[C@@H]3CC=CC[C@@H]3C(=O)O)c2C(N)=O)C1. The van der Waals surface area contributed by atoms with Gasteiger partial charge in [-0.1, -0.05) is 31.9 Å². The predicted molar refractivity (Wildman–Crippen MR) is 105 cm³/mol. The van der Waals surface area contributed by atoms with Crippen molar-refractivity contribution < 1.29 is 19.5 Å². The molecule has 146 valence electrons. The lowest BCUT2D eigenvalue weighted by molar-refractivity contribution is -0.146. The third-order valence-corrected chi connectivity index (χ3v) is 6.80. The molecule has 0 aromatic carbocycles. The number of allylic oxidation sites excluding steroid dienone is 2. The van der Waals surface area contributed by atoms with Gasteiger partial charge in [-0.15, -0.1) is 11.3 Å². The number of aliphatic carboxylic acids is 1. The van der Waals surface area contributed by atoms with Crippen molar-refractivity contribution in [2.75, 3.05) is 5.32 Å². The maximum absolute atomic E-state index is 12.8. The number of nitrogens with two attached hydrogens (primary N) is 1. The van der Waals surface area contributed by atoms with Crippen LogP contribution in [0.4, 0.5) is 5.00 Å². The number of hydrogen-bond donors (Lipinski definition) is 3. The third-order valence-electron chi connectivity index (χ3n) is 5.63. The number of carbonyl (C=O) groups excluding carboxylic acids is 2. The van der Waals surface area contributed by atoms with Gasteiger partial charge in [0.15, 0.2) is 0 Å². The third kappa shape index (κ3) is 4.08. The number of primary amides is 1. The fourth-order valence-electron chi connectivity index (χ4n) is 4.24. The summed E-state index contributed by atoms with van der Waals surface area (Å²) in [4.78, 5) is 37.4. The first-order chi connectivity index (χ1) is 12.9. The number of hydrogen-bond acceptors (Lipinski definition) is 4. The number of thiophene rings is 1. The van der Waals surface area contributed by atoms with E-state index in [9.17, 15) is 19.5 Å². The summed E-state index contributed by atoms with van der Waals surface area (Å²) in [5.41, 5.74) is 7.00. The summed E-state index contributed by atoms with van der Waals surface area (Å²) < 4.78 is 0. The molecule has 0 radical (unpaired) electrons. The Morgan fingerprint density at radius 3 is 2.59 bits per heavy atom. The zero-order valence-electron chi connectivity index (χ0n) is 15.5. The van der Waals surface area contributed by atoms with Gasteiger partial charge in [0.2, 0.25) is 5.91 Å². The lowest BCUT2D eigenvalue weighted by atomic mass is 9.82. The molecule has 3 rings (SSSR count). The van der Waals surface area contributed by atoms with Crippen molar-refractivity contribution in [2.45, 2.75) is 51.9 Å². The molecule has 0 fully saturated rings. The molecular formula is C20H26N2O4S. The Bertz CT molecular complexity index is 783. The van der Waals surface area contributed by atoms with Crippen molar-refractivity contribution in [3.8, 4) is 0 Å². The van der Waals surface area contributed by atoms with E-state index in [1.165, 1.54) is 11.3 Å². The van der Waals surface area contributed by atoms with Gasteiger partial charge in [-0.05, 0) is 43.6 Å². The molecule has 1 aromatic heterocycles. The molecule has 0 bridgehead atoms. The minimum Gasteiger partial charge on any atom is -0.481 e. The van der Waals surface area contributed by atoms with Crippen LogP contribution in [0.3, 0.4) is 0 Å². The first kappa shape index (κ1) is 19.6. The van der Waals surface area contributed by atoms with Crippen LogP contribution in [0.15, 0.2) is 12.2 Å². The standard InChI is InChI=1S/C20H26N2O4S/c1-2-5-11-8-9-14-15(10-11)27-19(16(14)17(21)23)22-18(24)12-6-3-4-7-13(12)20(25)26/h3-4,11-13H,2,5-10H2,1H3,(H2,21,23)(H,22,24)(H,25,26)/t11-,12-,13+/m1/s1. The van der Waals surface area contributed by atoms with Crippen molar-refractivity contribution >= 4 is 34.1 Å². The monoisotopic (exact) mass is 390 g/mol. The van der Waals surface area contributed by atoms with Gasteiger partial charge in [-0.3, -0.25) is 14.4 Å². The van der Waals surface area contributed by atoms with Crippen LogP contribution in [0.5, 0.6) is 0 Å². The Morgan fingerprint density at radius 1 is 1.26 bits per heavy atom. The molecule has 3 atom stereocenters. The van der Waals surface area contributed by atoms with Gasteiger partial charge in [0.1, 0.15) is 5.00 Å². The Balaban J connectivity index is 1.84. The predicted octanol–water partition coefficient (Wildman–Crippen LogP) is 3.36. The van der Waals surface area contributed by atoms with Gasteiger partial charge in [0.25, 0.3) is 5.91 Å². The number of amides is 2. The number of carbonyl (C=O) groups is 3. The highest BCUT2D eigenvalue weighted by atomic mass is 32.1. The highest BCUT2D eigenvalue weighted by molar-refractivity contribution is 7.17. The molecule has 2 aliphatic rings. The van der Waals surface area contributed by atoms with Gasteiger partial charge >= 0.3 is 5.97 Å². The second kappa shape index (κ2) is 8.25. The maximum Gasteiger partial charge on any atom is 0.307 e. The van der Waals surface area contributed by atoms with Crippen LogP contribution in [0.25, 0.3) is 0 Å². The minimum atomic E-state index is -0.970. The van der Waals surface area contributed by atoms with E-state index in [1.807, 2.05) is 6.08 Å². The lowest BCUT2D eigenvalue weighted by Crippen LogP contribution is -2.35. The normalized spacial score (nSPS) is 24.3. The largest absolute Gasteiger partial charge is 0.481 e. The molecule has 2 aliphatic carbocycles. The number of carboxylic acid groups (broad SMARTS) is 1. The zero-order chi connectivity index (χ0) is 19.6. The van der Waals surface area contributed by atoms with Crippen molar-refractivity contribution in [3.05, 3.63) is 28.2 Å². The molecule has 2 amide bonds. The van der Waals surface area contributed by atoms with Gasteiger partial charge in [-0.25, -0.2) is 0 Å².